The minimum atomic E-state index is -1.04. The molecule has 5 N–H and O–H groups in total. The van der Waals surface area contributed by atoms with Gasteiger partial charge in [-0.1, -0.05) is 13.8 Å². The van der Waals surface area contributed by atoms with Crippen LogP contribution in [0.25, 0.3) is 0 Å². The second-order valence-corrected chi connectivity index (χ2v) is 11.7. The molecule has 4 saturated carbocycles. The van der Waals surface area contributed by atoms with Gasteiger partial charge in [0.25, 0.3) is 0 Å². The van der Waals surface area contributed by atoms with E-state index < -0.39 is 16.6 Å². The highest BCUT2D eigenvalue weighted by molar-refractivity contribution is 5.76. The van der Waals surface area contributed by atoms with Gasteiger partial charge in [-0.15, -0.1) is 0 Å². The van der Waals surface area contributed by atoms with E-state index in [4.69, 9.17) is 20.3 Å². The summed E-state index contributed by atoms with van der Waals surface area (Å²) in [5.41, 5.74) is 4.00. The van der Waals surface area contributed by atoms with Gasteiger partial charge < -0.3 is 25.1 Å². The zero-order valence-corrected chi connectivity index (χ0v) is 19.6. The first-order valence-electron chi connectivity index (χ1n) is 12.6. The molecule has 1 aromatic rings. The Morgan fingerprint density at radius 3 is 2.62 bits per heavy atom. The van der Waals surface area contributed by atoms with Gasteiger partial charge in [0.2, 0.25) is 0 Å². The first kappa shape index (κ1) is 22.4. The van der Waals surface area contributed by atoms with Gasteiger partial charge in [-0.3, -0.25) is 5.41 Å². The Balaban J connectivity index is 1.40. The van der Waals surface area contributed by atoms with Crippen LogP contribution in [0, 0.1) is 34.0 Å². The molecule has 0 aromatic carbocycles. The van der Waals surface area contributed by atoms with E-state index in [1.54, 1.807) is 12.5 Å². The van der Waals surface area contributed by atoms with Crippen LogP contribution in [-0.4, -0.2) is 34.4 Å². The van der Waals surface area contributed by atoms with Crippen LogP contribution in [0.1, 0.15) is 83.6 Å². The molecule has 178 valence electrons. The lowest BCUT2D eigenvalue weighted by Gasteiger charge is -2.64. The van der Waals surface area contributed by atoms with Crippen molar-refractivity contribution in [2.24, 2.45) is 34.3 Å². The molecule has 0 bridgehead atoms. The molecule has 32 heavy (non-hydrogen) atoms. The topological polar surface area (TPSA) is 113 Å². The fourth-order valence-electron chi connectivity index (χ4n) is 8.73. The van der Waals surface area contributed by atoms with Gasteiger partial charge in [-0.2, -0.15) is 0 Å². The molecule has 4 aliphatic rings. The first-order valence-corrected chi connectivity index (χ1v) is 12.6. The van der Waals surface area contributed by atoms with Crippen molar-refractivity contribution in [1.82, 2.24) is 0 Å². The summed E-state index contributed by atoms with van der Waals surface area (Å²) in [6, 6.07) is 1.87. The third kappa shape index (κ3) is 2.98. The third-order valence-electron chi connectivity index (χ3n) is 10.6. The third-order valence-corrected chi connectivity index (χ3v) is 10.6. The maximum atomic E-state index is 12.3. The highest BCUT2D eigenvalue weighted by Gasteiger charge is 2.72. The van der Waals surface area contributed by atoms with E-state index in [2.05, 4.69) is 13.8 Å². The average molecular weight is 445 g/mol. The Kier molecular flexibility index (Phi) is 5.31. The Morgan fingerprint density at radius 2 is 1.91 bits per heavy atom. The molecule has 1 unspecified atom stereocenters. The van der Waals surface area contributed by atoms with Crippen molar-refractivity contribution >= 4 is 5.84 Å². The maximum Gasteiger partial charge on any atom is 0.101 e. The molecular formula is C26H40N2O4. The molecule has 8 atom stereocenters. The lowest BCUT2D eigenvalue weighted by Crippen LogP contribution is -2.64. The minimum absolute atomic E-state index is 0.148. The number of nitrogens with one attached hydrogen (secondary N) is 1. The number of rotatable bonds is 5. The number of fused-ring (bicyclic) bond motifs is 5. The van der Waals surface area contributed by atoms with Gasteiger partial charge in [-0.25, -0.2) is 0 Å². The van der Waals surface area contributed by atoms with Crippen molar-refractivity contribution in [2.45, 2.75) is 95.4 Å². The van der Waals surface area contributed by atoms with E-state index in [1.807, 2.05) is 6.07 Å². The van der Waals surface area contributed by atoms with E-state index >= 15 is 0 Å². The van der Waals surface area contributed by atoms with E-state index in [1.165, 1.54) is 6.42 Å². The summed E-state index contributed by atoms with van der Waals surface area (Å²) in [5, 5.41) is 31.6. The van der Waals surface area contributed by atoms with Gasteiger partial charge in [0.15, 0.2) is 0 Å². The monoisotopic (exact) mass is 444 g/mol. The molecule has 6 heteroatoms. The molecule has 1 heterocycles. The summed E-state index contributed by atoms with van der Waals surface area (Å²) in [5.74, 6) is 1.52. The zero-order chi connectivity index (χ0) is 22.8. The van der Waals surface area contributed by atoms with E-state index in [0.717, 1.165) is 44.1 Å². The molecule has 5 rings (SSSR count). The molecule has 1 aromatic heterocycles. The molecule has 0 amide bonds. The number of nitrogens with two attached hydrogens (primary N) is 1. The van der Waals surface area contributed by atoms with Crippen molar-refractivity contribution in [3.63, 3.8) is 0 Å². The van der Waals surface area contributed by atoms with Crippen LogP contribution in [0.5, 0.6) is 0 Å². The average Bonchev–Trinajstić information content (AvgIpc) is 3.35. The normalized spacial score (nSPS) is 48.0. The van der Waals surface area contributed by atoms with E-state index in [-0.39, 0.29) is 23.3 Å². The summed E-state index contributed by atoms with van der Waals surface area (Å²) in [6.07, 6.45) is 12.6. The number of furan rings is 1. The second-order valence-electron chi connectivity index (χ2n) is 11.7. The largest absolute Gasteiger partial charge is 0.472 e. The Hall–Kier alpha value is -1.37. The van der Waals surface area contributed by atoms with Crippen LogP contribution < -0.4 is 5.73 Å². The van der Waals surface area contributed by atoms with Gasteiger partial charge in [0, 0.05) is 17.4 Å². The fourth-order valence-corrected chi connectivity index (χ4v) is 8.73. The summed E-state index contributed by atoms with van der Waals surface area (Å²) in [6.45, 7) is 5.08. The molecule has 0 radical (unpaired) electrons. The van der Waals surface area contributed by atoms with Crippen molar-refractivity contribution in [2.75, 3.05) is 6.61 Å². The van der Waals surface area contributed by atoms with Crippen molar-refractivity contribution in [3.05, 3.63) is 24.2 Å². The van der Waals surface area contributed by atoms with E-state index in [9.17, 15) is 10.2 Å². The van der Waals surface area contributed by atoms with Crippen LogP contribution in [0.4, 0.5) is 0 Å². The molecular weight excluding hydrogens is 404 g/mol. The first-order chi connectivity index (χ1) is 15.1. The Labute approximate surface area is 191 Å². The van der Waals surface area contributed by atoms with Crippen molar-refractivity contribution in [3.8, 4) is 0 Å². The molecule has 0 saturated heterocycles. The smallest absolute Gasteiger partial charge is 0.101 e. The fraction of sp³-hybridized carbons (Fsp3) is 0.808. The number of aliphatic hydroxyl groups is 2. The zero-order valence-electron chi connectivity index (χ0n) is 19.6. The van der Waals surface area contributed by atoms with Crippen LogP contribution >= 0.6 is 0 Å². The lowest BCUT2D eigenvalue weighted by atomic mass is 9.42. The summed E-state index contributed by atoms with van der Waals surface area (Å²) in [4.78, 5) is 0. The SMILES string of the molecule is C[C@]12CC(OCCC(=N)N)CC[C@H]1CC[C@@H]1[C@@H]2CC[C@]2(C)[C@@](O)(c3ccoc3)CC[C@]12O. The highest BCUT2D eigenvalue weighted by atomic mass is 16.5. The predicted octanol–water partition coefficient (Wildman–Crippen LogP) is 4.34. The van der Waals surface area contributed by atoms with Crippen LogP contribution in [0.3, 0.4) is 0 Å². The summed E-state index contributed by atoms with van der Waals surface area (Å²) >= 11 is 0. The van der Waals surface area contributed by atoms with Gasteiger partial charge in [0.05, 0.1) is 36.7 Å². The molecule has 6 nitrogen and oxygen atoms in total. The lowest BCUT2D eigenvalue weighted by molar-refractivity contribution is -0.240. The second kappa shape index (κ2) is 7.57. The highest BCUT2D eigenvalue weighted by Crippen LogP contribution is 2.71. The maximum absolute atomic E-state index is 12.3. The Morgan fingerprint density at radius 1 is 1.12 bits per heavy atom. The molecule has 0 spiro atoms. The Bertz CT molecular complexity index is 858. The standard InChI is InChI=1S/C26H40N2O4/c1-23-15-19(32-14-9-22(27)28)5-3-17(23)4-6-21-20(23)7-10-24(2)25(29,11-12-26(21,24)30)18-8-13-31-16-18/h8,13,16-17,19-21,29-30H,3-7,9-12,14-15H2,1-2H3,(H3,27,28)/t17-,19?,20-,21+,23-,24+,25-,26-/m0/s1. The van der Waals surface area contributed by atoms with Gasteiger partial charge >= 0.3 is 0 Å². The molecule has 0 aliphatic heterocycles. The number of ether oxygens (including phenoxy) is 1. The number of amidine groups is 1. The van der Waals surface area contributed by atoms with Crippen molar-refractivity contribution < 1.29 is 19.4 Å². The van der Waals surface area contributed by atoms with Gasteiger partial charge in [-0.05, 0) is 87.0 Å². The van der Waals surface area contributed by atoms with Crippen molar-refractivity contribution in [1.29, 1.82) is 5.41 Å². The number of hydrogen-bond donors (Lipinski definition) is 4. The molecule has 4 aliphatic carbocycles. The van der Waals surface area contributed by atoms with Gasteiger partial charge in [0.1, 0.15) is 5.60 Å². The van der Waals surface area contributed by atoms with Crippen LogP contribution in [0.2, 0.25) is 0 Å². The predicted molar refractivity (Wildman–Crippen MR) is 122 cm³/mol. The quantitative estimate of drug-likeness (QED) is 0.399. The molecule has 4 fully saturated rings. The minimum Gasteiger partial charge on any atom is -0.472 e. The van der Waals surface area contributed by atoms with Crippen LogP contribution in [0.15, 0.2) is 23.0 Å². The number of hydrogen-bond acceptors (Lipinski definition) is 5. The summed E-state index contributed by atoms with van der Waals surface area (Å²) in [7, 11) is 0. The van der Waals surface area contributed by atoms with Crippen LogP contribution in [-0.2, 0) is 10.3 Å². The van der Waals surface area contributed by atoms with E-state index in [0.29, 0.717) is 37.7 Å². The summed E-state index contributed by atoms with van der Waals surface area (Å²) < 4.78 is 11.5.